The number of carbonyl (C=O) groups excluding carboxylic acids is 5. The van der Waals surface area contributed by atoms with Crippen LogP contribution in [0.5, 0.6) is 5.75 Å². The number of hydrogen-bond donors (Lipinski definition) is 1. The van der Waals surface area contributed by atoms with Gasteiger partial charge in [0.05, 0.1) is 28.8 Å². The third-order valence-corrected chi connectivity index (χ3v) is 12.8. The fourth-order valence-corrected chi connectivity index (χ4v) is 9.22. The number of carbonyl (C=O) groups is 5. The number of fused-ring (bicyclic) bond motifs is 1. The van der Waals surface area contributed by atoms with Crippen LogP contribution in [-0.2, 0) is 9.59 Å². The molecule has 1 N–H and O–H groups in total. The van der Waals surface area contributed by atoms with Gasteiger partial charge in [-0.1, -0.05) is 17.7 Å². The highest BCUT2D eigenvalue weighted by molar-refractivity contribution is 6.33. The maximum Gasteiger partial charge on any atom is 0.262 e. The van der Waals surface area contributed by atoms with Crippen molar-refractivity contribution in [3.8, 4) is 5.75 Å². The molecule has 8 rings (SSSR count). The Bertz CT molecular complexity index is 2120. The number of amides is 4. The lowest BCUT2D eigenvalue weighted by atomic mass is 9.84. The van der Waals surface area contributed by atoms with Gasteiger partial charge >= 0.3 is 0 Å². The van der Waals surface area contributed by atoms with Crippen LogP contribution < -0.4 is 19.9 Å². The van der Waals surface area contributed by atoms with E-state index in [1.807, 2.05) is 18.2 Å². The summed E-state index contributed by atoms with van der Waals surface area (Å²) in [7, 11) is 0. The quantitative estimate of drug-likeness (QED) is 0.144. The number of anilines is 2. The first-order valence-corrected chi connectivity index (χ1v) is 20.8. The molecule has 0 bridgehead atoms. The minimum absolute atomic E-state index is 0.0294. The third kappa shape index (κ3) is 8.56. The number of halogens is 1. The predicted molar refractivity (Wildman–Crippen MR) is 216 cm³/mol. The molecular weight excluding hydrogens is 760 g/mol. The second kappa shape index (κ2) is 17.2. The summed E-state index contributed by atoms with van der Waals surface area (Å²) in [5.41, 5.74) is 2.32. The zero-order chi connectivity index (χ0) is 40.3. The van der Waals surface area contributed by atoms with Gasteiger partial charge in [0.25, 0.3) is 11.8 Å². The molecular formula is C43H47ClN8O6. The average molecular weight is 807 g/mol. The number of imide groups is 2. The van der Waals surface area contributed by atoms with Crippen LogP contribution in [-0.4, -0.2) is 107 Å². The molecule has 1 saturated carbocycles. The lowest BCUT2D eigenvalue weighted by molar-refractivity contribution is -0.136. The normalized spacial score (nSPS) is 23.1. The molecule has 302 valence electrons. The average Bonchev–Trinajstić information content (AvgIpc) is 3.49. The van der Waals surface area contributed by atoms with Crippen LogP contribution in [0.15, 0.2) is 48.5 Å². The van der Waals surface area contributed by atoms with Gasteiger partial charge in [0.15, 0.2) is 11.6 Å². The van der Waals surface area contributed by atoms with Crippen LogP contribution in [0.3, 0.4) is 0 Å². The Balaban J connectivity index is 0.735. The highest BCUT2D eigenvalue weighted by Gasteiger charge is 2.45. The summed E-state index contributed by atoms with van der Waals surface area (Å²) in [6, 6.07) is 13.3. The van der Waals surface area contributed by atoms with E-state index in [2.05, 4.69) is 35.1 Å². The second-order valence-electron chi connectivity index (χ2n) is 16.1. The molecule has 1 aromatic heterocycles. The monoisotopic (exact) mass is 806 g/mol. The lowest BCUT2D eigenvalue weighted by Gasteiger charge is -2.38. The number of nitrogens with one attached hydrogen (secondary N) is 1. The van der Waals surface area contributed by atoms with Gasteiger partial charge in [-0.05, 0) is 112 Å². The van der Waals surface area contributed by atoms with Crippen molar-refractivity contribution < 1.29 is 28.7 Å². The lowest BCUT2D eigenvalue weighted by Crippen LogP contribution is -2.54. The molecule has 1 aliphatic carbocycles. The van der Waals surface area contributed by atoms with E-state index < -0.39 is 29.7 Å². The van der Waals surface area contributed by atoms with E-state index >= 15 is 0 Å². The molecule has 5 heterocycles. The molecule has 3 saturated heterocycles. The first kappa shape index (κ1) is 39.4. The van der Waals surface area contributed by atoms with E-state index in [0.29, 0.717) is 45.6 Å². The van der Waals surface area contributed by atoms with Crippen molar-refractivity contribution in [1.82, 2.24) is 25.3 Å². The van der Waals surface area contributed by atoms with Crippen molar-refractivity contribution in [3.05, 3.63) is 81.8 Å². The Hall–Kier alpha value is -5.39. The Morgan fingerprint density at radius 1 is 0.810 bits per heavy atom. The topological polar surface area (TPSA) is 150 Å². The van der Waals surface area contributed by atoms with Crippen LogP contribution in [0.2, 0.25) is 5.02 Å². The van der Waals surface area contributed by atoms with Gasteiger partial charge in [-0.3, -0.25) is 39.1 Å². The number of nitrogens with zero attached hydrogens (tertiary/aromatic N) is 7. The summed E-state index contributed by atoms with van der Waals surface area (Å²) >= 11 is 6.16. The van der Waals surface area contributed by atoms with Crippen LogP contribution in [0.25, 0.3) is 4.85 Å². The van der Waals surface area contributed by atoms with E-state index in [0.717, 1.165) is 107 Å². The minimum atomic E-state index is -0.971. The summed E-state index contributed by atoms with van der Waals surface area (Å²) in [5, 5.41) is 11.4. The van der Waals surface area contributed by atoms with Crippen molar-refractivity contribution in [2.45, 2.75) is 76.4 Å². The fraction of sp³-hybridized carbons (Fsp3) is 0.488. The number of hydrogen-bond acceptors (Lipinski definition) is 11. The number of Topliss-reactive ketones (excluding diaryl/α,β-unsaturated/α-hetero) is 1. The molecule has 4 fully saturated rings. The number of aromatic nitrogens is 2. The van der Waals surface area contributed by atoms with E-state index in [1.165, 1.54) is 0 Å². The molecule has 1 atom stereocenters. The molecule has 1 unspecified atom stereocenters. The number of ketones is 1. The zero-order valence-electron chi connectivity index (χ0n) is 32.4. The molecule has 4 aliphatic heterocycles. The highest BCUT2D eigenvalue weighted by Crippen LogP contribution is 2.35. The first-order valence-electron chi connectivity index (χ1n) is 20.4. The number of rotatable bonds is 11. The summed E-state index contributed by atoms with van der Waals surface area (Å²) < 4.78 is 6.11. The Morgan fingerprint density at radius 3 is 2.26 bits per heavy atom. The van der Waals surface area contributed by atoms with Crippen molar-refractivity contribution in [3.63, 3.8) is 0 Å². The molecule has 0 spiro atoms. The standard InChI is InChI=1S/C43H47ClN8O6/c1-45-35-9-7-31(26-34(35)44)58-30-5-2-28(3-6-30)24-38(53)36-10-12-39(48-47-36)51-18-15-27(16-19-51)14-17-49-20-22-50(23-21-49)29-4-8-32-33(25-29)43(57)52(42(32)56)37-11-13-40(54)46-41(37)55/h4,7-10,12,25-28,30,37H,2-3,5-6,11,13-24H2,(H,46,54,55). The number of benzene rings is 2. The zero-order valence-corrected chi connectivity index (χ0v) is 33.2. The third-order valence-electron chi connectivity index (χ3n) is 12.5. The SMILES string of the molecule is [C-]#[N+]c1ccc(OC2CCC(CC(=O)c3ccc(N4CCC(CCN5CCN(c6ccc7c(c6)C(=O)N(C6CCC(=O)NC6=O)C7=O)CC5)CC4)nn3)CC2)cc1Cl. The van der Waals surface area contributed by atoms with Gasteiger partial charge in [0, 0.05) is 57.8 Å². The molecule has 15 heteroatoms. The summed E-state index contributed by atoms with van der Waals surface area (Å²) in [4.78, 5) is 74.9. The van der Waals surface area contributed by atoms with Crippen molar-refractivity contribution in [1.29, 1.82) is 0 Å². The maximum absolute atomic E-state index is 13.3. The Kier molecular flexibility index (Phi) is 11.7. The molecule has 5 aliphatic rings. The smallest absolute Gasteiger partial charge is 0.262 e. The van der Waals surface area contributed by atoms with Gasteiger partial charge < -0.3 is 14.5 Å². The van der Waals surface area contributed by atoms with E-state index in [4.69, 9.17) is 22.9 Å². The molecule has 0 radical (unpaired) electrons. The molecule has 58 heavy (non-hydrogen) atoms. The van der Waals surface area contributed by atoms with Gasteiger partial charge in [-0.2, -0.15) is 0 Å². The number of piperidine rings is 2. The van der Waals surface area contributed by atoms with Crippen LogP contribution in [0.4, 0.5) is 17.2 Å². The summed E-state index contributed by atoms with van der Waals surface area (Å²) in [6.45, 7) is 13.4. The van der Waals surface area contributed by atoms with Gasteiger partial charge in [-0.25, -0.2) is 4.85 Å². The largest absolute Gasteiger partial charge is 0.490 e. The second-order valence-corrected chi connectivity index (χ2v) is 16.5. The predicted octanol–water partition coefficient (Wildman–Crippen LogP) is 5.72. The fourth-order valence-electron chi connectivity index (χ4n) is 9.01. The molecule has 3 aromatic rings. The van der Waals surface area contributed by atoms with Crippen LogP contribution in [0.1, 0.15) is 95.4 Å². The maximum atomic E-state index is 13.3. The van der Waals surface area contributed by atoms with Crippen molar-refractivity contribution in [2.75, 3.05) is 55.6 Å². The molecule has 2 aromatic carbocycles. The Morgan fingerprint density at radius 2 is 1.57 bits per heavy atom. The van der Waals surface area contributed by atoms with Crippen LogP contribution >= 0.6 is 11.6 Å². The van der Waals surface area contributed by atoms with E-state index in [9.17, 15) is 24.0 Å². The minimum Gasteiger partial charge on any atom is -0.490 e. The Labute approximate surface area is 342 Å². The van der Waals surface area contributed by atoms with Gasteiger partial charge in [0.2, 0.25) is 17.5 Å². The van der Waals surface area contributed by atoms with E-state index in [1.54, 1.807) is 30.3 Å². The van der Waals surface area contributed by atoms with Crippen LogP contribution in [0, 0.1) is 18.4 Å². The number of piperazine rings is 1. The molecule has 14 nitrogen and oxygen atoms in total. The number of ether oxygens (including phenoxy) is 1. The van der Waals surface area contributed by atoms with E-state index in [-0.39, 0.29) is 30.6 Å². The first-order chi connectivity index (χ1) is 28.1. The van der Waals surface area contributed by atoms with Gasteiger partial charge in [-0.15, -0.1) is 10.2 Å². The summed E-state index contributed by atoms with van der Waals surface area (Å²) in [6.07, 6.45) is 7.55. The highest BCUT2D eigenvalue weighted by atomic mass is 35.5. The van der Waals surface area contributed by atoms with Gasteiger partial charge in [0.1, 0.15) is 17.5 Å². The van der Waals surface area contributed by atoms with Crippen molar-refractivity contribution in [2.24, 2.45) is 11.8 Å². The summed E-state index contributed by atoms with van der Waals surface area (Å²) in [5.74, 6) is 0.455. The molecule has 4 amide bonds. The van der Waals surface area contributed by atoms with Crippen molar-refractivity contribution >= 4 is 58.2 Å².